The molecule has 0 aliphatic heterocycles. The third-order valence-corrected chi connectivity index (χ3v) is 5.05. The van der Waals surface area contributed by atoms with Crippen molar-refractivity contribution < 1.29 is 0 Å². The minimum absolute atomic E-state index is 0.0874. The highest BCUT2D eigenvalue weighted by Gasteiger charge is 2.30. The predicted molar refractivity (Wildman–Crippen MR) is 82.8 cm³/mol. The zero-order valence-electron chi connectivity index (χ0n) is 10.9. The Balaban J connectivity index is 1.61. The summed E-state index contributed by atoms with van der Waals surface area (Å²) in [5.41, 5.74) is 11.1. The Morgan fingerprint density at radius 1 is 1.10 bits per heavy atom. The second-order valence-electron chi connectivity index (χ2n) is 5.14. The number of fused-ring (bicyclic) bond motifs is 2. The first kappa shape index (κ1) is 12.0. The van der Waals surface area contributed by atoms with Gasteiger partial charge in [0.25, 0.3) is 0 Å². The van der Waals surface area contributed by atoms with Crippen LogP contribution in [0.3, 0.4) is 0 Å². The van der Waals surface area contributed by atoms with Crippen molar-refractivity contribution >= 4 is 22.8 Å². The molecule has 100 valence electrons. The van der Waals surface area contributed by atoms with Gasteiger partial charge in [-0.3, -0.25) is 0 Å². The van der Waals surface area contributed by atoms with Crippen LogP contribution in [-0.4, -0.2) is 15.2 Å². The molecule has 0 saturated heterocycles. The number of aromatic amines is 1. The van der Waals surface area contributed by atoms with Crippen LogP contribution < -0.4 is 5.73 Å². The predicted octanol–water partition coefficient (Wildman–Crippen LogP) is 3.28. The van der Waals surface area contributed by atoms with E-state index in [0.29, 0.717) is 5.25 Å². The molecular formula is C16H15N3S. The highest BCUT2D eigenvalue weighted by molar-refractivity contribution is 7.99. The highest BCUT2D eigenvalue weighted by Crippen LogP contribution is 2.39. The lowest BCUT2D eigenvalue weighted by atomic mass is 10.1. The number of nitrogens with zero attached hydrogens (tertiary/aromatic N) is 1. The summed E-state index contributed by atoms with van der Waals surface area (Å²) < 4.78 is 0. The van der Waals surface area contributed by atoms with Crippen LogP contribution in [0.2, 0.25) is 0 Å². The molecular weight excluding hydrogens is 266 g/mol. The van der Waals surface area contributed by atoms with Crippen molar-refractivity contribution in [2.24, 2.45) is 5.73 Å². The van der Waals surface area contributed by atoms with E-state index in [1.54, 1.807) is 11.8 Å². The number of imidazole rings is 1. The first-order valence-corrected chi connectivity index (χ1v) is 7.64. The maximum absolute atomic E-state index is 6.37. The van der Waals surface area contributed by atoms with E-state index in [9.17, 15) is 0 Å². The summed E-state index contributed by atoms with van der Waals surface area (Å²) in [5, 5.41) is 1.31. The van der Waals surface area contributed by atoms with Gasteiger partial charge in [-0.2, -0.15) is 0 Å². The van der Waals surface area contributed by atoms with Crippen LogP contribution in [0.15, 0.2) is 53.7 Å². The number of nitrogens with one attached hydrogen (secondary N) is 1. The molecule has 1 aliphatic rings. The fourth-order valence-electron chi connectivity index (χ4n) is 2.83. The van der Waals surface area contributed by atoms with Crippen molar-refractivity contribution in [1.29, 1.82) is 0 Å². The van der Waals surface area contributed by atoms with Crippen molar-refractivity contribution in [3.8, 4) is 0 Å². The standard InChI is InChI=1S/C16H15N3S/c17-15-11-6-2-1-5-10(11)9-14(15)20-16-18-12-7-3-4-8-13(12)19-16/h1-8,14-15H,9,17H2,(H,18,19). The van der Waals surface area contributed by atoms with Gasteiger partial charge in [0.1, 0.15) is 0 Å². The van der Waals surface area contributed by atoms with Crippen molar-refractivity contribution in [2.45, 2.75) is 22.9 Å². The van der Waals surface area contributed by atoms with Crippen molar-refractivity contribution in [3.63, 3.8) is 0 Å². The smallest absolute Gasteiger partial charge is 0.166 e. The molecule has 0 spiro atoms. The Morgan fingerprint density at radius 2 is 1.90 bits per heavy atom. The summed E-state index contributed by atoms with van der Waals surface area (Å²) in [6.07, 6.45) is 1.01. The van der Waals surface area contributed by atoms with Crippen LogP contribution in [-0.2, 0) is 6.42 Å². The fraction of sp³-hybridized carbons (Fsp3) is 0.188. The number of hydrogen-bond donors (Lipinski definition) is 2. The summed E-state index contributed by atoms with van der Waals surface area (Å²) in [6, 6.07) is 16.7. The van der Waals surface area contributed by atoms with Crippen molar-refractivity contribution in [3.05, 3.63) is 59.7 Å². The average molecular weight is 281 g/mol. The number of hydrogen-bond acceptors (Lipinski definition) is 3. The molecule has 1 heterocycles. The quantitative estimate of drug-likeness (QED) is 0.758. The van der Waals surface area contributed by atoms with Crippen LogP contribution in [0, 0.1) is 0 Å². The van der Waals surface area contributed by atoms with E-state index in [4.69, 9.17) is 5.73 Å². The van der Waals surface area contributed by atoms with Crippen LogP contribution >= 0.6 is 11.8 Å². The van der Waals surface area contributed by atoms with E-state index < -0.39 is 0 Å². The van der Waals surface area contributed by atoms with E-state index in [2.05, 4.69) is 40.3 Å². The molecule has 2 aromatic carbocycles. The van der Waals surface area contributed by atoms with Gasteiger partial charge < -0.3 is 10.7 Å². The Hall–Kier alpha value is -1.78. The number of H-pyrrole nitrogens is 1. The SMILES string of the molecule is NC1c2ccccc2CC1Sc1nc2ccccc2[nH]1. The third kappa shape index (κ3) is 1.92. The van der Waals surface area contributed by atoms with Gasteiger partial charge in [-0.25, -0.2) is 4.98 Å². The lowest BCUT2D eigenvalue weighted by Crippen LogP contribution is -2.19. The topological polar surface area (TPSA) is 54.7 Å². The summed E-state index contributed by atoms with van der Waals surface area (Å²) in [5.74, 6) is 0. The van der Waals surface area contributed by atoms with Crippen LogP contribution in [0.4, 0.5) is 0 Å². The molecule has 1 aromatic heterocycles. The van der Waals surface area contributed by atoms with Crippen LogP contribution in [0.25, 0.3) is 11.0 Å². The number of thioether (sulfide) groups is 1. The molecule has 4 heteroatoms. The number of rotatable bonds is 2. The average Bonchev–Trinajstić information content (AvgIpc) is 3.01. The third-order valence-electron chi connectivity index (χ3n) is 3.87. The van der Waals surface area contributed by atoms with E-state index in [1.165, 1.54) is 11.1 Å². The largest absolute Gasteiger partial charge is 0.333 e. The summed E-state index contributed by atoms with van der Waals surface area (Å²) in [7, 11) is 0. The van der Waals surface area contributed by atoms with Gasteiger partial charge in [0.2, 0.25) is 0 Å². The molecule has 0 amide bonds. The second-order valence-corrected chi connectivity index (χ2v) is 6.37. The minimum atomic E-state index is 0.0874. The first-order valence-electron chi connectivity index (χ1n) is 6.76. The van der Waals surface area contributed by atoms with E-state index in [1.807, 2.05) is 18.2 Å². The van der Waals surface area contributed by atoms with Crippen LogP contribution in [0.1, 0.15) is 17.2 Å². The minimum Gasteiger partial charge on any atom is -0.333 e. The lowest BCUT2D eigenvalue weighted by molar-refractivity contribution is 0.729. The molecule has 0 bridgehead atoms. The Labute approximate surface area is 121 Å². The maximum atomic E-state index is 6.37. The van der Waals surface area contributed by atoms with E-state index in [0.717, 1.165) is 22.6 Å². The Kier molecular flexibility index (Phi) is 2.79. The lowest BCUT2D eigenvalue weighted by Gasteiger charge is -2.13. The number of para-hydroxylation sites is 2. The molecule has 3 aromatic rings. The van der Waals surface area contributed by atoms with Crippen LogP contribution in [0.5, 0.6) is 0 Å². The second kappa shape index (κ2) is 4.65. The molecule has 0 saturated carbocycles. The summed E-state index contributed by atoms with van der Waals surface area (Å²) >= 11 is 1.75. The van der Waals surface area contributed by atoms with Gasteiger partial charge in [-0.05, 0) is 29.7 Å². The van der Waals surface area contributed by atoms with Gasteiger partial charge in [-0.1, -0.05) is 48.2 Å². The molecule has 0 fully saturated rings. The maximum Gasteiger partial charge on any atom is 0.166 e. The molecule has 3 N–H and O–H groups in total. The highest BCUT2D eigenvalue weighted by atomic mass is 32.2. The molecule has 4 rings (SSSR count). The molecule has 0 radical (unpaired) electrons. The van der Waals surface area contributed by atoms with Crippen molar-refractivity contribution in [2.75, 3.05) is 0 Å². The fourth-order valence-corrected chi connectivity index (χ4v) is 4.00. The summed E-state index contributed by atoms with van der Waals surface area (Å²) in [6.45, 7) is 0. The first-order chi connectivity index (χ1) is 9.81. The normalized spacial score (nSPS) is 21.2. The Morgan fingerprint density at radius 3 is 2.75 bits per heavy atom. The molecule has 1 aliphatic carbocycles. The molecule has 2 atom stereocenters. The van der Waals surface area contributed by atoms with Gasteiger partial charge in [-0.15, -0.1) is 0 Å². The van der Waals surface area contributed by atoms with Gasteiger partial charge in [0.15, 0.2) is 5.16 Å². The zero-order chi connectivity index (χ0) is 13.5. The van der Waals surface area contributed by atoms with Gasteiger partial charge in [0, 0.05) is 11.3 Å². The van der Waals surface area contributed by atoms with Gasteiger partial charge >= 0.3 is 0 Å². The molecule has 3 nitrogen and oxygen atoms in total. The molecule has 20 heavy (non-hydrogen) atoms. The number of aromatic nitrogens is 2. The number of benzene rings is 2. The summed E-state index contributed by atoms with van der Waals surface area (Å²) in [4.78, 5) is 7.99. The number of nitrogens with two attached hydrogens (primary N) is 1. The van der Waals surface area contributed by atoms with Crippen molar-refractivity contribution in [1.82, 2.24) is 9.97 Å². The zero-order valence-corrected chi connectivity index (χ0v) is 11.7. The molecule has 2 unspecified atom stereocenters. The van der Waals surface area contributed by atoms with E-state index in [-0.39, 0.29) is 6.04 Å². The monoisotopic (exact) mass is 281 g/mol. The Bertz CT molecular complexity index is 732. The van der Waals surface area contributed by atoms with E-state index >= 15 is 0 Å². The van der Waals surface area contributed by atoms with Gasteiger partial charge in [0.05, 0.1) is 11.0 Å².